The standard InChI is InChI=1S/C28H29N3O2S/c1-16-7-6-8-20(14-16)31-27(34)30-25-21-15-18(3)10-12-23(21)33-28(31,5)24(25)26(32)29-22-11-9-17(2)13-19(22)4/h6-15,24-25H,1-5H3,(H,29,32)(H,30,34)/t24-,25+,28-/m0/s1. The highest BCUT2D eigenvalue weighted by Crippen LogP contribution is 2.50. The minimum atomic E-state index is -1.02. The summed E-state index contributed by atoms with van der Waals surface area (Å²) in [6, 6.07) is 19.9. The number of hydrogen-bond acceptors (Lipinski definition) is 3. The molecule has 2 aliphatic heterocycles. The Hall–Kier alpha value is -3.38. The van der Waals surface area contributed by atoms with Crippen LogP contribution in [0.25, 0.3) is 0 Å². The molecule has 2 aliphatic rings. The molecule has 1 saturated heterocycles. The van der Waals surface area contributed by atoms with Crippen molar-refractivity contribution in [1.82, 2.24) is 5.32 Å². The van der Waals surface area contributed by atoms with Crippen LogP contribution in [-0.2, 0) is 4.79 Å². The maximum Gasteiger partial charge on any atom is 0.236 e. The minimum absolute atomic E-state index is 0.112. The van der Waals surface area contributed by atoms with Crippen molar-refractivity contribution in [3.63, 3.8) is 0 Å². The Balaban J connectivity index is 1.63. The molecule has 174 valence electrons. The van der Waals surface area contributed by atoms with Gasteiger partial charge in [-0.15, -0.1) is 0 Å². The van der Waals surface area contributed by atoms with Gasteiger partial charge >= 0.3 is 0 Å². The molecular weight excluding hydrogens is 442 g/mol. The summed E-state index contributed by atoms with van der Waals surface area (Å²) >= 11 is 5.85. The number of ether oxygens (including phenoxy) is 1. The fourth-order valence-electron chi connectivity index (χ4n) is 5.22. The van der Waals surface area contributed by atoms with Gasteiger partial charge in [0.05, 0.1) is 6.04 Å². The van der Waals surface area contributed by atoms with Crippen LogP contribution in [-0.4, -0.2) is 16.7 Å². The Morgan fingerprint density at radius 3 is 2.44 bits per heavy atom. The van der Waals surface area contributed by atoms with Gasteiger partial charge < -0.3 is 15.4 Å². The Morgan fingerprint density at radius 2 is 1.71 bits per heavy atom. The number of rotatable bonds is 3. The molecule has 0 saturated carbocycles. The van der Waals surface area contributed by atoms with E-state index in [4.69, 9.17) is 17.0 Å². The van der Waals surface area contributed by atoms with Crippen LogP contribution in [0.15, 0.2) is 60.7 Å². The first-order valence-electron chi connectivity index (χ1n) is 11.5. The smallest absolute Gasteiger partial charge is 0.236 e. The van der Waals surface area contributed by atoms with Gasteiger partial charge in [-0.3, -0.25) is 9.69 Å². The number of carbonyl (C=O) groups excluding carboxylic acids is 1. The number of nitrogens with one attached hydrogen (secondary N) is 2. The SMILES string of the molecule is Cc1cccc(N2C(=S)N[C@@H]3c4cc(C)ccc4O[C@@]2(C)[C@@H]3C(=O)Nc2ccc(C)cc2C)c1. The molecule has 1 fully saturated rings. The van der Waals surface area contributed by atoms with Gasteiger partial charge in [-0.05, 0) is 82.2 Å². The van der Waals surface area contributed by atoms with Crippen LogP contribution in [0.5, 0.6) is 5.75 Å². The Morgan fingerprint density at radius 1 is 1.00 bits per heavy atom. The van der Waals surface area contributed by atoms with Gasteiger partial charge in [0.1, 0.15) is 11.7 Å². The molecule has 0 unspecified atom stereocenters. The lowest BCUT2D eigenvalue weighted by atomic mass is 9.78. The van der Waals surface area contributed by atoms with Crippen LogP contribution >= 0.6 is 12.2 Å². The number of anilines is 2. The molecule has 2 bridgehead atoms. The van der Waals surface area contributed by atoms with E-state index in [9.17, 15) is 4.79 Å². The maximum absolute atomic E-state index is 14.0. The first-order valence-corrected chi connectivity index (χ1v) is 11.9. The lowest BCUT2D eigenvalue weighted by molar-refractivity contribution is -0.130. The zero-order valence-corrected chi connectivity index (χ0v) is 20.9. The summed E-state index contributed by atoms with van der Waals surface area (Å²) in [5.41, 5.74) is 6.01. The largest absolute Gasteiger partial charge is 0.467 e. The second kappa shape index (κ2) is 8.13. The van der Waals surface area contributed by atoms with Crippen molar-refractivity contribution in [2.24, 2.45) is 5.92 Å². The molecule has 34 heavy (non-hydrogen) atoms. The van der Waals surface area contributed by atoms with Crippen LogP contribution in [0, 0.1) is 33.6 Å². The zero-order chi connectivity index (χ0) is 24.2. The molecule has 0 spiro atoms. The van der Waals surface area contributed by atoms with Crippen molar-refractivity contribution < 1.29 is 9.53 Å². The van der Waals surface area contributed by atoms with Crippen LogP contribution in [0.1, 0.15) is 40.8 Å². The van der Waals surface area contributed by atoms with Crippen LogP contribution in [0.3, 0.4) is 0 Å². The number of hydrogen-bond donors (Lipinski definition) is 2. The molecule has 5 nitrogen and oxygen atoms in total. The third-order valence-corrected chi connectivity index (χ3v) is 7.14. The van der Waals surface area contributed by atoms with E-state index >= 15 is 0 Å². The third kappa shape index (κ3) is 3.62. The summed E-state index contributed by atoms with van der Waals surface area (Å²) < 4.78 is 6.68. The monoisotopic (exact) mass is 471 g/mol. The molecule has 2 heterocycles. The molecular formula is C28H29N3O2S. The quantitative estimate of drug-likeness (QED) is 0.479. The van der Waals surface area contributed by atoms with Crippen molar-refractivity contribution in [2.75, 3.05) is 10.2 Å². The molecule has 0 radical (unpaired) electrons. The van der Waals surface area contributed by atoms with Crippen LogP contribution in [0.2, 0.25) is 0 Å². The molecule has 3 aromatic carbocycles. The highest BCUT2D eigenvalue weighted by molar-refractivity contribution is 7.80. The molecule has 0 aromatic heterocycles. The fraction of sp³-hybridized carbons (Fsp3) is 0.286. The van der Waals surface area contributed by atoms with E-state index < -0.39 is 11.6 Å². The van der Waals surface area contributed by atoms with E-state index in [0.29, 0.717) is 5.11 Å². The number of benzene rings is 3. The molecule has 2 N–H and O–H groups in total. The van der Waals surface area contributed by atoms with Gasteiger partial charge in [0.15, 0.2) is 10.8 Å². The topological polar surface area (TPSA) is 53.6 Å². The summed E-state index contributed by atoms with van der Waals surface area (Å²) in [4.78, 5) is 15.9. The van der Waals surface area contributed by atoms with Gasteiger partial charge in [0.25, 0.3) is 0 Å². The summed E-state index contributed by atoms with van der Waals surface area (Å²) in [6.07, 6.45) is 0. The molecule has 3 atom stereocenters. The summed E-state index contributed by atoms with van der Waals surface area (Å²) in [5, 5.41) is 7.20. The molecule has 6 heteroatoms. The second-order valence-corrected chi connectivity index (χ2v) is 9.97. The number of amides is 1. The third-order valence-electron chi connectivity index (χ3n) is 6.84. The van der Waals surface area contributed by atoms with E-state index in [0.717, 1.165) is 44.9 Å². The highest BCUT2D eigenvalue weighted by atomic mass is 32.1. The number of carbonyl (C=O) groups is 1. The summed E-state index contributed by atoms with van der Waals surface area (Å²) in [6.45, 7) is 10.1. The van der Waals surface area contributed by atoms with Gasteiger partial charge in [-0.2, -0.15) is 0 Å². The highest BCUT2D eigenvalue weighted by Gasteiger charge is 2.59. The molecule has 5 rings (SSSR count). The van der Waals surface area contributed by atoms with Crippen molar-refractivity contribution in [3.05, 3.63) is 88.5 Å². The second-order valence-electron chi connectivity index (χ2n) is 9.58. The molecule has 0 aliphatic carbocycles. The van der Waals surface area contributed by atoms with Crippen molar-refractivity contribution in [3.8, 4) is 5.75 Å². The average Bonchev–Trinajstić information content (AvgIpc) is 2.76. The van der Waals surface area contributed by atoms with Gasteiger partial charge in [-0.1, -0.05) is 47.5 Å². The van der Waals surface area contributed by atoms with Crippen LogP contribution in [0.4, 0.5) is 11.4 Å². The number of fused-ring (bicyclic) bond motifs is 4. The van der Waals surface area contributed by atoms with E-state index in [1.54, 1.807) is 0 Å². The number of thiocarbonyl (C=S) groups is 1. The summed E-state index contributed by atoms with van der Waals surface area (Å²) in [7, 11) is 0. The predicted molar refractivity (Wildman–Crippen MR) is 140 cm³/mol. The first-order chi connectivity index (χ1) is 16.2. The maximum atomic E-state index is 14.0. The molecule has 3 aromatic rings. The normalized spacial score (nSPS) is 23.0. The Bertz CT molecular complexity index is 1320. The van der Waals surface area contributed by atoms with Crippen molar-refractivity contribution in [1.29, 1.82) is 0 Å². The van der Waals surface area contributed by atoms with E-state index in [1.807, 2.05) is 82.0 Å². The zero-order valence-electron chi connectivity index (χ0n) is 20.1. The van der Waals surface area contributed by atoms with E-state index in [-0.39, 0.29) is 11.9 Å². The van der Waals surface area contributed by atoms with Gasteiger partial charge in [0, 0.05) is 16.9 Å². The van der Waals surface area contributed by atoms with E-state index in [2.05, 4.69) is 28.8 Å². The number of nitrogens with zero attached hydrogens (tertiary/aromatic N) is 1. The Kier molecular flexibility index (Phi) is 5.36. The lowest BCUT2D eigenvalue weighted by Gasteiger charge is -2.56. The van der Waals surface area contributed by atoms with Crippen molar-refractivity contribution >= 4 is 34.6 Å². The minimum Gasteiger partial charge on any atom is -0.467 e. The fourth-order valence-corrected chi connectivity index (χ4v) is 5.64. The lowest BCUT2D eigenvalue weighted by Crippen LogP contribution is -2.72. The van der Waals surface area contributed by atoms with Gasteiger partial charge in [0.2, 0.25) is 5.91 Å². The number of aryl methyl sites for hydroxylation is 4. The van der Waals surface area contributed by atoms with E-state index in [1.165, 1.54) is 0 Å². The van der Waals surface area contributed by atoms with Crippen molar-refractivity contribution in [2.45, 2.75) is 46.4 Å². The summed E-state index contributed by atoms with van der Waals surface area (Å²) in [5.74, 6) is 0.0929. The molecule has 1 amide bonds. The Labute approximate surface area is 206 Å². The first kappa shape index (κ1) is 22.4. The average molecular weight is 472 g/mol. The van der Waals surface area contributed by atoms with Crippen LogP contribution < -0.4 is 20.3 Å². The predicted octanol–water partition coefficient (Wildman–Crippen LogP) is 5.72. The van der Waals surface area contributed by atoms with Gasteiger partial charge in [-0.25, -0.2) is 0 Å².